The lowest BCUT2D eigenvalue weighted by Gasteiger charge is -2.37. The van der Waals surface area contributed by atoms with Crippen molar-refractivity contribution in [3.8, 4) is 22.9 Å². The van der Waals surface area contributed by atoms with Gasteiger partial charge in [-0.1, -0.05) is 74.6 Å². The number of fused-ring (bicyclic) bond motifs is 2. The summed E-state index contributed by atoms with van der Waals surface area (Å²) in [6, 6.07) is 35.3. The Labute approximate surface area is 569 Å². The Morgan fingerprint density at radius 2 is 1.00 bits per heavy atom. The standard InChI is InChI=1S/C25H30N4O2.C17H23NO2.C16H19N3.C8H7N5.C8H11N.CO2.N2/c1-16-13-17(2)15-19(14-16)27-25(30)31-22-11-6-4-5-9-20-18(3)28-29-24(23(20)22)21-10-7-8-12-26-21;1-13-10-14(2)12-15(11-13)18-17(19)20-16-8-6-4-3-5-7-9-16;1-12-13-8-4-2-3-5-9-14(13)16(19-18-12)15-10-6-7-11-17-15;1-6-10-12-8(13-11-6)7-4-2-3-5-9-7;1-6-3-7(2)5-8(9)4-6;2-1-3;1-2/h7-8,10,12-15,20,22-23H,4-6,9,11H2,1-3H3,(H,27,30);6,8,10-12,16H,3-5,7,9H2,1-2H3,(H,18,19);6-7,10-11H,2-5,8-9H2,1H3;2-5H,1H3;3-5H,9H2,1-2H3;;/b;8-6+;;;;;. The number of hydrogen-bond acceptors (Lipinski definition) is 20. The Morgan fingerprint density at radius 1 is 0.515 bits per heavy atom. The normalized spacial score (nSPS) is 17.1. The maximum absolute atomic E-state index is 12.9. The summed E-state index contributed by atoms with van der Waals surface area (Å²) in [4.78, 5) is 54.1. The molecule has 8 aromatic rings. The van der Waals surface area contributed by atoms with Crippen molar-refractivity contribution in [2.75, 3.05) is 16.4 Å². The van der Waals surface area contributed by atoms with E-state index in [1.54, 1.807) is 19.3 Å². The number of amides is 2. The van der Waals surface area contributed by atoms with Gasteiger partial charge < -0.3 is 15.2 Å². The second-order valence-electron chi connectivity index (χ2n) is 24.4. The summed E-state index contributed by atoms with van der Waals surface area (Å²) in [5.74, 6) is 1.16. The van der Waals surface area contributed by atoms with E-state index in [1.807, 2.05) is 152 Å². The lowest BCUT2D eigenvalue weighted by atomic mass is 9.73. The molecule has 97 heavy (non-hydrogen) atoms. The molecule has 1 fully saturated rings. The van der Waals surface area contributed by atoms with Crippen LogP contribution >= 0.6 is 0 Å². The van der Waals surface area contributed by atoms with Crippen molar-refractivity contribution in [1.82, 2.24) is 45.5 Å². The van der Waals surface area contributed by atoms with Crippen LogP contribution in [0.3, 0.4) is 0 Å². The van der Waals surface area contributed by atoms with Crippen LogP contribution < -0.4 is 16.4 Å². The Balaban J connectivity index is 0.000000198. The lowest BCUT2D eigenvalue weighted by Crippen LogP contribution is -2.44. The van der Waals surface area contributed by atoms with Gasteiger partial charge in [0.2, 0.25) is 5.82 Å². The van der Waals surface area contributed by atoms with Crippen LogP contribution in [0, 0.1) is 78.0 Å². The summed E-state index contributed by atoms with van der Waals surface area (Å²) in [5.41, 5.74) is 24.0. The highest BCUT2D eigenvalue weighted by atomic mass is 16.6. The van der Waals surface area contributed by atoms with Crippen LogP contribution in [0.4, 0.5) is 26.7 Å². The molecular weight excluding hydrogens is 1220 g/mol. The molecule has 4 aliphatic rings. The molecule has 506 valence electrons. The number of aromatic nitrogens is 9. The third-order valence-corrected chi connectivity index (χ3v) is 16.2. The van der Waals surface area contributed by atoms with Gasteiger partial charge >= 0.3 is 18.3 Å². The molecule has 1 saturated carbocycles. The zero-order valence-corrected chi connectivity index (χ0v) is 57.2. The molecule has 3 aliphatic carbocycles. The van der Waals surface area contributed by atoms with Crippen molar-refractivity contribution >= 4 is 46.8 Å². The van der Waals surface area contributed by atoms with Crippen LogP contribution in [0.2, 0.25) is 0 Å². The SMILES string of the molecule is CC1=NN=C(c2ccccn2)C2C(OC(=O)Nc3cc(C)cc(C)c3)CCCCCC12.Cc1cc(C)cc(N)c1.Cc1cc(C)cc(NC(=O)OC2/C=C/CCCCC2)c1.Cc1nnc(-c2ccccn2)c2c1CCCCCC2.Cc1nnc(-c2ccccn2)nn1.N#N.O=C=O. The van der Waals surface area contributed by atoms with E-state index in [1.165, 1.54) is 60.8 Å². The molecule has 4 unspecified atom stereocenters. The maximum atomic E-state index is 12.9. The summed E-state index contributed by atoms with van der Waals surface area (Å²) in [6.45, 7) is 18.0. The van der Waals surface area contributed by atoms with E-state index in [-0.39, 0.29) is 36.3 Å². The summed E-state index contributed by atoms with van der Waals surface area (Å²) < 4.78 is 11.5. The van der Waals surface area contributed by atoms with E-state index in [0.717, 1.165) is 138 Å². The first-order valence-electron chi connectivity index (χ1n) is 33.0. The minimum absolute atomic E-state index is 0.0438. The summed E-state index contributed by atoms with van der Waals surface area (Å²) in [7, 11) is 0. The van der Waals surface area contributed by atoms with Gasteiger partial charge in [0.15, 0.2) is 5.82 Å². The van der Waals surface area contributed by atoms with Crippen LogP contribution in [0.25, 0.3) is 22.9 Å². The minimum Gasteiger partial charge on any atom is -0.445 e. The van der Waals surface area contributed by atoms with Gasteiger partial charge in [-0.15, -0.1) is 25.5 Å². The van der Waals surface area contributed by atoms with Crippen LogP contribution in [0.15, 0.2) is 150 Å². The third-order valence-electron chi connectivity index (χ3n) is 16.2. The van der Waals surface area contributed by atoms with Gasteiger partial charge in [0.1, 0.15) is 23.6 Å². The number of nitrogen functional groups attached to an aromatic ring is 1. The average molecular weight is 1310 g/mol. The van der Waals surface area contributed by atoms with E-state index in [0.29, 0.717) is 17.3 Å². The molecule has 4 N–H and O–H groups in total. The molecular formula is C75H90N16O6. The molecule has 0 bridgehead atoms. The number of aryl methyl sites for hydroxylation is 8. The number of nitrogens with one attached hydrogen (secondary N) is 2. The topological polar surface area (TPSA) is 325 Å². The van der Waals surface area contributed by atoms with Gasteiger partial charge in [-0.05, 0) is 256 Å². The second kappa shape index (κ2) is 40.6. The molecule has 5 aromatic heterocycles. The van der Waals surface area contributed by atoms with Crippen molar-refractivity contribution in [1.29, 1.82) is 10.8 Å². The van der Waals surface area contributed by atoms with Crippen molar-refractivity contribution < 1.29 is 28.7 Å². The molecule has 22 heteroatoms. The number of pyridine rings is 3. The predicted molar refractivity (Wildman–Crippen MR) is 376 cm³/mol. The smallest absolute Gasteiger partial charge is 0.412 e. The number of nitrogens with zero attached hydrogens (tertiary/aromatic N) is 13. The first kappa shape index (κ1) is 75.4. The van der Waals surface area contributed by atoms with Crippen LogP contribution in [-0.4, -0.2) is 87.5 Å². The highest BCUT2D eigenvalue weighted by molar-refractivity contribution is 6.06. The molecule has 0 saturated heterocycles. The van der Waals surface area contributed by atoms with Gasteiger partial charge in [0.05, 0.1) is 28.7 Å². The minimum atomic E-state index is -0.421. The van der Waals surface area contributed by atoms with Gasteiger partial charge in [0.25, 0.3) is 0 Å². The Bertz CT molecular complexity index is 3830. The van der Waals surface area contributed by atoms with Gasteiger partial charge in [-0.3, -0.25) is 25.6 Å². The average Bonchev–Trinajstić information content (AvgIpc) is 0.800. The summed E-state index contributed by atoms with van der Waals surface area (Å²) >= 11 is 0. The number of benzene rings is 3. The fourth-order valence-corrected chi connectivity index (χ4v) is 12.1. The molecule has 0 spiro atoms. The van der Waals surface area contributed by atoms with E-state index in [2.05, 4.69) is 97.6 Å². The maximum Gasteiger partial charge on any atom is 0.412 e. The number of nitrogens with two attached hydrogens (primary N) is 1. The Hall–Kier alpha value is -10.6. The largest absolute Gasteiger partial charge is 0.445 e. The number of allylic oxidation sites excluding steroid dienone is 1. The first-order valence-corrected chi connectivity index (χ1v) is 33.0. The van der Waals surface area contributed by atoms with Gasteiger partial charge in [-0.25, -0.2) is 9.59 Å². The van der Waals surface area contributed by atoms with Crippen LogP contribution in [-0.2, 0) is 31.9 Å². The number of anilines is 3. The predicted octanol–water partition coefficient (Wildman–Crippen LogP) is 15.9. The molecule has 3 aromatic carbocycles. The molecule has 12 rings (SSSR count). The summed E-state index contributed by atoms with van der Waals surface area (Å²) in [6.07, 6.45) is 26.6. The van der Waals surface area contributed by atoms with E-state index < -0.39 is 6.09 Å². The number of carbonyl (C=O) groups excluding carboxylic acids is 4. The van der Waals surface area contributed by atoms with Crippen molar-refractivity contribution in [3.05, 3.63) is 202 Å². The number of hydrogen-bond donors (Lipinski definition) is 3. The number of carbonyl (C=O) groups is 2. The van der Waals surface area contributed by atoms with Crippen LogP contribution in [0.5, 0.6) is 0 Å². The molecule has 0 radical (unpaired) electrons. The zero-order chi connectivity index (χ0) is 69.9. The fourth-order valence-electron chi connectivity index (χ4n) is 12.1. The van der Waals surface area contributed by atoms with Crippen molar-refractivity contribution in [2.24, 2.45) is 22.0 Å². The van der Waals surface area contributed by atoms with Crippen LogP contribution in [0.1, 0.15) is 159 Å². The highest BCUT2D eigenvalue weighted by Gasteiger charge is 2.41. The van der Waals surface area contributed by atoms with E-state index in [9.17, 15) is 9.59 Å². The monoisotopic (exact) mass is 1310 g/mol. The Morgan fingerprint density at radius 3 is 1.55 bits per heavy atom. The molecule has 4 atom stereocenters. The van der Waals surface area contributed by atoms with Gasteiger partial charge in [-0.2, -0.15) is 24.9 Å². The second-order valence-corrected chi connectivity index (χ2v) is 24.4. The number of rotatable bonds is 7. The van der Waals surface area contributed by atoms with E-state index >= 15 is 0 Å². The van der Waals surface area contributed by atoms with E-state index in [4.69, 9.17) is 35.6 Å². The molecule has 1 aliphatic heterocycles. The third kappa shape index (κ3) is 25.5. The number of ether oxygens (including phenoxy) is 2. The highest BCUT2D eigenvalue weighted by Crippen LogP contribution is 2.37. The van der Waals surface area contributed by atoms with Gasteiger partial charge in [0, 0.05) is 58.1 Å². The zero-order valence-electron chi connectivity index (χ0n) is 57.2. The van der Waals surface area contributed by atoms with Crippen molar-refractivity contribution in [3.63, 3.8) is 0 Å². The quantitative estimate of drug-likeness (QED) is 0.0758. The first-order chi connectivity index (χ1) is 47.0. The molecule has 22 nitrogen and oxygen atoms in total. The molecule has 2 amide bonds. The summed E-state index contributed by atoms with van der Waals surface area (Å²) in [5, 5.41) is 50.8. The lowest BCUT2D eigenvalue weighted by molar-refractivity contribution is -0.191. The molecule has 6 heterocycles. The Kier molecular flexibility index (Phi) is 31.5. The fraction of sp³-hybridized carbons (Fsp3) is 0.387. The van der Waals surface area contributed by atoms with Crippen molar-refractivity contribution in [2.45, 2.75) is 177 Å².